The molecule has 2 aromatic heterocycles. The Bertz CT molecular complexity index is 2470. The Morgan fingerprint density at radius 3 is 1.68 bits per heavy atom. The average Bonchev–Trinajstić information content (AvgIpc) is 4.06. The van der Waals surface area contributed by atoms with E-state index in [1.165, 1.54) is 14.2 Å². The SMILES string of the molecule is COC(=O)N[C@H](C(=O)N1C[C@@H](C)C[C@H]1c1ncc(-c2ccc(-c3ccc(-c4ccc5[nH]c([C@@H]6C[C@H](C)CN6C(=O)[C@@H](NC(=O)OC)C(C)C)nc5c4)c(C)c3)cc2C)[nH]1)C(C)C. The molecule has 2 aliphatic rings. The smallest absolute Gasteiger partial charge is 0.407 e. The highest BCUT2D eigenvalue weighted by atomic mass is 16.5. The van der Waals surface area contributed by atoms with E-state index in [9.17, 15) is 19.2 Å². The van der Waals surface area contributed by atoms with E-state index >= 15 is 0 Å². The quantitative estimate of drug-likeness (QED) is 0.102. The number of nitrogens with one attached hydrogen (secondary N) is 4. The molecule has 0 saturated carbocycles. The monoisotopic (exact) mass is 844 g/mol. The molecule has 4 heterocycles. The van der Waals surface area contributed by atoms with Gasteiger partial charge in [-0.25, -0.2) is 19.6 Å². The first-order valence-corrected chi connectivity index (χ1v) is 21.6. The molecule has 6 atom stereocenters. The van der Waals surface area contributed by atoms with E-state index in [-0.39, 0.29) is 47.6 Å². The maximum atomic E-state index is 13.8. The standard InChI is InChI=1S/C48H60N8O6/c1-25(2)41(53-47(59)61-9)45(57)55-23-27(5)17-39(55)43-49-22-38(52-43)35-15-12-32(20-30(35)8)31-11-14-34(29(7)19-31)33-13-16-36-37(21-33)51-44(50-36)40-18-28(6)24-56(40)46(58)42(26(3)4)54-48(60)62-10/h11-16,19-22,25-28,39-42H,17-18,23-24H2,1-10H3,(H,49,52)(H,50,51)(H,53,59)(H,54,60)/t27-,28-,39-,40-,41-,42-/m0/s1. The first kappa shape index (κ1) is 43.9. The van der Waals surface area contributed by atoms with Crippen LogP contribution in [0, 0.1) is 37.5 Å². The van der Waals surface area contributed by atoms with E-state index in [0.29, 0.717) is 13.1 Å². The van der Waals surface area contributed by atoms with Crippen LogP contribution in [0.4, 0.5) is 9.59 Å². The molecule has 3 aromatic carbocycles. The first-order valence-electron chi connectivity index (χ1n) is 21.6. The molecule has 62 heavy (non-hydrogen) atoms. The molecule has 0 spiro atoms. The van der Waals surface area contributed by atoms with Gasteiger partial charge in [0, 0.05) is 18.7 Å². The van der Waals surface area contributed by atoms with E-state index in [4.69, 9.17) is 19.4 Å². The minimum atomic E-state index is -0.704. The van der Waals surface area contributed by atoms with Gasteiger partial charge >= 0.3 is 12.2 Å². The fraction of sp³-hybridized carbons (Fsp3) is 0.458. The number of hydrogen-bond donors (Lipinski definition) is 4. The summed E-state index contributed by atoms with van der Waals surface area (Å²) in [5.41, 5.74) is 10.2. The van der Waals surface area contributed by atoms with Crippen molar-refractivity contribution in [3.8, 4) is 33.5 Å². The number of imidazole rings is 2. The van der Waals surface area contributed by atoms with Crippen LogP contribution in [-0.4, -0.2) is 93.1 Å². The van der Waals surface area contributed by atoms with Crippen LogP contribution in [0.2, 0.25) is 0 Å². The van der Waals surface area contributed by atoms with Crippen LogP contribution in [0.3, 0.4) is 0 Å². The summed E-state index contributed by atoms with van der Waals surface area (Å²) in [6.07, 6.45) is 2.13. The number of amides is 4. The minimum Gasteiger partial charge on any atom is -0.453 e. The van der Waals surface area contributed by atoms with Crippen molar-refractivity contribution in [2.75, 3.05) is 27.3 Å². The molecule has 4 amide bonds. The first-order chi connectivity index (χ1) is 29.6. The molecule has 2 saturated heterocycles. The summed E-state index contributed by atoms with van der Waals surface area (Å²) in [6, 6.07) is 17.3. The van der Waals surface area contributed by atoms with Crippen LogP contribution < -0.4 is 10.6 Å². The lowest BCUT2D eigenvalue weighted by molar-refractivity contribution is -0.136. The zero-order valence-electron chi connectivity index (χ0n) is 37.5. The molecule has 0 radical (unpaired) electrons. The zero-order valence-corrected chi connectivity index (χ0v) is 37.5. The molecule has 7 rings (SSSR count). The summed E-state index contributed by atoms with van der Waals surface area (Å²) in [4.78, 5) is 72.3. The van der Waals surface area contributed by atoms with Gasteiger partial charge in [-0.15, -0.1) is 0 Å². The number of methoxy groups -OCH3 is 2. The van der Waals surface area contributed by atoms with Gasteiger partial charge in [0.25, 0.3) is 0 Å². The molecule has 5 aromatic rings. The Morgan fingerprint density at radius 2 is 1.18 bits per heavy atom. The number of likely N-dealkylation sites (tertiary alicyclic amines) is 2. The number of alkyl carbamates (subject to hydrolysis) is 2. The van der Waals surface area contributed by atoms with Crippen molar-refractivity contribution in [1.29, 1.82) is 0 Å². The van der Waals surface area contributed by atoms with E-state index in [1.807, 2.05) is 49.8 Å². The van der Waals surface area contributed by atoms with Crippen molar-refractivity contribution in [1.82, 2.24) is 40.4 Å². The molecule has 0 unspecified atom stereocenters. The van der Waals surface area contributed by atoms with Gasteiger partial charge in [0.2, 0.25) is 11.8 Å². The third kappa shape index (κ3) is 8.91. The Morgan fingerprint density at radius 1 is 0.677 bits per heavy atom. The van der Waals surface area contributed by atoms with Crippen LogP contribution in [0.1, 0.15) is 89.2 Å². The van der Waals surface area contributed by atoms with Gasteiger partial charge in [-0.1, -0.05) is 84.0 Å². The Balaban J connectivity index is 1.07. The molecule has 2 aliphatic heterocycles. The minimum absolute atomic E-state index is 0.117. The fourth-order valence-electron chi connectivity index (χ4n) is 9.16. The maximum Gasteiger partial charge on any atom is 0.407 e. The summed E-state index contributed by atoms with van der Waals surface area (Å²) in [5.74, 6) is 1.51. The maximum absolute atomic E-state index is 13.8. The second-order valence-corrected chi connectivity index (χ2v) is 18.0. The van der Waals surface area contributed by atoms with Crippen LogP contribution in [0.25, 0.3) is 44.5 Å². The van der Waals surface area contributed by atoms with Gasteiger partial charge in [-0.05, 0) is 95.9 Å². The van der Waals surface area contributed by atoms with Gasteiger partial charge < -0.3 is 39.9 Å². The highest BCUT2D eigenvalue weighted by Gasteiger charge is 2.41. The topological polar surface area (TPSA) is 175 Å². The molecule has 2 fully saturated rings. The van der Waals surface area contributed by atoms with Gasteiger partial charge in [-0.2, -0.15) is 0 Å². The number of aromatic amines is 2. The lowest BCUT2D eigenvalue weighted by Gasteiger charge is -2.30. The Hall–Kier alpha value is -6.18. The lowest BCUT2D eigenvalue weighted by atomic mass is 9.94. The second-order valence-electron chi connectivity index (χ2n) is 18.0. The van der Waals surface area contributed by atoms with Crippen LogP contribution in [0.15, 0.2) is 60.8 Å². The number of rotatable bonds is 11. The van der Waals surface area contributed by atoms with Crippen molar-refractivity contribution in [2.45, 2.75) is 92.4 Å². The van der Waals surface area contributed by atoms with Crippen molar-refractivity contribution >= 4 is 35.0 Å². The summed E-state index contributed by atoms with van der Waals surface area (Å²) in [6.45, 7) is 17.3. The zero-order chi connectivity index (χ0) is 44.6. The highest BCUT2D eigenvalue weighted by molar-refractivity contribution is 5.88. The van der Waals surface area contributed by atoms with Gasteiger partial charge in [-0.3, -0.25) is 9.59 Å². The third-order valence-electron chi connectivity index (χ3n) is 12.5. The average molecular weight is 845 g/mol. The van der Waals surface area contributed by atoms with E-state index < -0.39 is 24.3 Å². The second kappa shape index (κ2) is 18.0. The largest absolute Gasteiger partial charge is 0.453 e. The number of carbonyl (C=O) groups excluding carboxylic acids is 4. The number of ether oxygens (including phenoxy) is 2. The van der Waals surface area contributed by atoms with Crippen LogP contribution >= 0.6 is 0 Å². The van der Waals surface area contributed by atoms with E-state index in [0.717, 1.165) is 80.2 Å². The van der Waals surface area contributed by atoms with Crippen molar-refractivity contribution < 1.29 is 28.7 Å². The third-order valence-corrected chi connectivity index (χ3v) is 12.5. The molecular formula is C48H60N8O6. The molecular weight excluding hydrogens is 785 g/mol. The van der Waals surface area contributed by atoms with Crippen LogP contribution in [-0.2, 0) is 19.1 Å². The number of nitrogens with zero attached hydrogens (tertiary/aromatic N) is 4. The van der Waals surface area contributed by atoms with Gasteiger partial charge in [0.05, 0.1) is 49.2 Å². The Kier molecular flexibility index (Phi) is 12.8. The summed E-state index contributed by atoms with van der Waals surface area (Å²) in [5, 5.41) is 5.46. The van der Waals surface area contributed by atoms with Crippen molar-refractivity contribution in [3.05, 3.63) is 83.6 Å². The molecule has 14 nitrogen and oxygen atoms in total. The highest BCUT2D eigenvalue weighted by Crippen LogP contribution is 2.39. The number of H-pyrrole nitrogens is 2. The number of aryl methyl sites for hydroxylation is 2. The normalized spacial score (nSPS) is 19.9. The number of fused-ring (bicyclic) bond motifs is 1. The van der Waals surface area contributed by atoms with Crippen molar-refractivity contribution in [3.63, 3.8) is 0 Å². The lowest BCUT2D eigenvalue weighted by Crippen LogP contribution is -2.51. The predicted octanol–water partition coefficient (Wildman–Crippen LogP) is 8.48. The van der Waals surface area contributed by atoms with Crippen LogP contribution in [0.5, 0.6) is 0 Å². The van der Waals surface area contributed by atoms with E-state index in [2.05, 4.69) is 96.8 Å². The summed E-state index contributed by atoms with van der Waals surface area (Å²) in [7, 11) is 2.59. The molecule has 0 aliphatic carbocycles. The Labute approximate surface area is 363 Å². The number of carbonyl (C=O) groups is 4. The molecule has 14 heteroatoms. The number of aromatic nitrogens is 4. The van der Waals surface area contributed by atoms with Gasteiger partial charge in [0.15, 0.2) is 0 Å². The molecule has 0 bridgehead atoms. The summed E-state index contributed by atoms with van der Waals surface area (Å²) >= 11 is 0. The predicted molar refractivity (Wildman–Crippen MR) is 239 cm³/mol. The van der Waals surface area contributed by atoms with E-state index in [1.54, 1.807) is 0 Å². The van der Waals surface area contributed by atoms with Gasteiger partial charge in [0.1, 0.15) is 23.7 Å². The fourth-order valence-corrected chi connectivity index (χ4v) is 9.16. The molecule has 328 valence electrons. The molecule has 4 N–H and O–H groups in total. The number of benzene rings is 3. The number of hydrogen-bond acceptors (Lipinski definition) is 8. The van der Waals surface area contributed by atoms with Crippen molar-refractivity contribution in [2.24, 2.45) is 23.7 Å². The summed E-state index contributed by atoms with van der Waals surface area (Å²) < 4.78 is 9.61.